The predicted molar refractivity (Wildman–Crippen MR) is 325 cm³/mol. The van der Waals surface area contributed by atoms with Gasteiger partial charge in [0.05, 0.1) is 0 Å². The van der Waals surface area contributed by atoms with E-state index in [0.29, 0.717) is 19.3 Å². The van der Waals surface area contributed by atoms with Crippen molar-refractivity contribution in [2.24, 2.45) is 0 Å². The first-order chi connectivity index (χ1) is 37.0. The molecule has 1 atom stereocenters. The molecule has 0 saturated heterocycles. The predicted octanol–water partition coefficient (Wildman–Crippen LogP) is 21.9. The molecule has 0 radical (unpaired) electrons. The summed E-state index contributed by atoms with van der Waals surface area (Å²) in [6.45, 7) is 6.59. The van der Waals surface area contributed by atoms with Crippen molar-refractivity contribution < 1.29 is 28.6 Å². The van der Waals surface area contributed by atoms with Crippen molar-refractivity contribution in [3.05, 3.63) is 85.1 Å². The molecule has 75 heavy (non-hydrogen) atoms. The molecule has 0 amide bonds. The van der Waals surface area contributed by atoms with E-state index < -0.39 is 6.10 Å². The lowest BCUT2D eigenvalue weighted by Crippen LogP contribution is -2.30. The maximum Gasteiger partial charge on any atom is 0.306 e. The molecule has 0 N–H and O–H groups in total. The molecule has 0 fully saturated rings. The number of ether oxygens (including phenoxy) is 3. The zero-order valence-electron chi connectivity index (χ0n) is 49.6. The highest BCUT2D eigenvalue weighted by Crippen LogP contribution is 2.15. The summed E-state index contributed by atoms with van der Waals surface area (Å²) >= 11 is 0. The third-order valence-corrected chi connectivity index (χ3v) is 13.8. The van der Waals surface area contributed by atoms with Crippen molar-refractivity contribution in [1.82, 2.24) is 0 Å². The Hall–Kier alpha value is -3.41. The summed E-state index contributed by atoms with van der Waals surface area (Å²) in [5, 5.41) is 0. The first kappa shape index (κ1) is 71.6. The van der Waals surface area contributed by atoms with Gasteiger partial charge in [0.25, 0.3) is 0 Å². The quantitative estimate of drug-likeness (QED) is 0.0261. The molecule has 0 spiro atoms. The molecule has 6 heteroatoms. The lowest BCUT2D eigenvalue weighted by atomic mass is 10.1. The Labute approximate surface area is 465 Å². The van der Waals surface area contributed by atoms with Crippen LogP contribution in [-0.4, -0.2) is 37.2 Å². The molecule has 0 aromatic heterocycles. The largest absolute Gasteiger partial charge is 0.462 e. The number of carbonyl (C=O) groups excluding carboxylic acids is 3. The molecule has 0 aliphatic carbocycles. The SMILES string of the molecule is CCCCC/C=C\C/C=C\CCCCCCCCCC(=O)OCC(COC(=O)CCCCCCCCCC/C=C\C/C=C\C/C=C\CCCCCCC)OC(=O)CCCCCCCCC/C=C\C/C=C\CCCCC. The minimum atomic E-state index is -0.789. The van der Waals surface area contributed by atoms with Gasteiger partial charge >= 0.3 is 17.9 Å². The van der Waals surface area contributed by atoms with Crippen LogP contribution in [0.5, 0.6) is 0 Å². The average Bonchev–Trinajstić information content (AvgIpc) is 3.41. The number of carbonyl (C=O) groups is 3. The number of rotatable bonds is 58. The fourth-order valence-electron chi connectivity index (χ4n) is 8.98. The van der Waals surface area contributed by atoms with E-state index in [-0.39, 0.29) is 31.1 Å². The molecular weight excluding hydrogens is 925 g/mol. The maximum atomic E-state index is 12.9. The maximum absolute atomic E-state index is 12.9. The van der Waals surface area contributed by atoms with Crippen LogP contribution in [0.4, 0.5) is 0 Å². The van der Waals surface area contributed by atoms with E-state index >= 15 is 0 Å². The second-order valence-corrected chi connectivity index (χ2v) is 21.3. The summed E-state index contributed by atoms with van der Waals surface area (Å²) < 4.78 is 16.9. The van der Waals surface area contributed by atoms with Crippen molar-refractivity contribution in [3.63, 3.8) is 0 Å². The highest BCUT2D eigenvalue weighted by molar-refractivity contribution is 5.71. The molecule has 0 rings (SSSR count). The molecule has 0 heterocycles. The third kappa shape index (κ3) is 61.3. The van der Waals surface area contributed by atoms with Crippen LogP contribution >= 0.6 is 0 Å². The van der Waals surface area contributed by atoms with Crippen LogP contribution in [0.3, 0.4) is 0 Å². The number of unbranched alkanes of at least 4 members (excludes halogenated alkanes) is 33. The fraction of sp³-hybridized carbons (Fsp3) is 0.754. The topological polar surface area (TPSA) is 78.9 Å². The van der Waals surface area contributed by atoms with Gasteiger partial charge in [-0.25, -0.2) is 0 Å². The smallest absolute Gasteiger partial charge is 0.306 e. The Kier molecular flexibility index (Phi) is 60.3. The van der Waals surface area contributed by atoms with Gasteiger partial charge in [-0.05, 0) is 122 Å². The van der Waals surface area contributed by atoms with Crippen LogP contribution in [0.25, 0.3) is 0 Å². The zero-order valence-corrected chi connectivity index (χ0v) is 49.6. The number of hydrogen-bond acceptors (Lipinski definition) is 6. The Balaban J connectivity index is 4.39. The van der Waals surface area contributed by atoms with E-state index in [4.69, 9.17) is 14.2 Å². The summed E-state index contributed by atoms with van der Waals surface area (Å²) in [7, 11) is 0. The molecule has 1 unspecified atom stereocenters. The minimum Gasteiger partial charge on any atom is -0.462 e. The van der Waals surface area contributed by atoms with Crippen molar-refractivity contribution in [1.29, 1.82) is 0 Å². The van der Waals surface area contributed by atoms with Crippen LogP contribution < -0.4 is 0 Å². The zero-order chi connectivity index (χ0) is 54.3. The van der Waals surface area contributed by atoms with E-state index in [1.54, 1.807) is 0 Å². The summed E-state index contributed by atoms with van der Waals surface area (Å²) in [6, 6.07) is 0. The Morgan fingerprint density at radius 1 is 0.267 bits per heavy atom. The molecule has 0 aliphatic heterocycles. The van der Waals surface area contributed by atoms with Gasteiger partial charge in [0.15, 0.2) is 6.10 Å². The number of esters is 3. The highest BCUT2D eigenvalue weighted by atomic mass is 16.6. The van der Waals surface area contributed by atoms with Gasteiger partial charge < -0.3 is 14.2 Å². The van der Waals surface area contributed by atoms with Crippen molar-refractivity contribution >= 4 is 17.9 Å². The van der Waals surface area contributed by atoms with E-state index in [0.717, 1.165) is 103 Å². The van der Waals surface area contributed by atoms with Gasteiger partial charge in [0, 0.05) is 19.3 Å². The number of hydrogen-bond donors (Lipinski definition) is 0. The molecular formula is C69H120O6. The van der Waals surface area contributed by atoms with Crippen LogP contribution in [0.1, 0.15) is 316 Å². The van der Waals surface area contributed by atoms with E-state index in [2.05, 4.69) is 106 Å². The standard InChI is InChI=1S/C69H120O6/c1-4-7-10-13-16-19-22-25-28-31-32-33-34-35-36-39-41-44-47-50-53-56-59-62-68(71)74-65-66(75-69(72)63-60-57-54-51-48-45-42-38-30-27-24-21-18-15-12-9-6-3)64-73-67(70)61-58-55-52-49-46-43-40-37-29-26-23-20-17-14-11-8-5-2/h17-18,20-22,25-27,29-32,34-35,66H,4-16,19,23-24,28,33,36-65H2,1-3H3/b20-17-,21-18-,25-22-,29-26-,30-27-,32-31-,35-34-. The summed E-state index contributed by atoms with van der Waals surface area (Å²) in [5.74, 6) is -0.896. The molecule has 0 aromatic carbocycles. The van der Waals surface area contributed by atoms with Gasteiger partial charge in [0.2, 0.25) is 0 Å². The highest BCUT2D eigenvalue weighted by Gasteiger charge is 2.19. The summed E-state index contributed by atoms with van der Waals surface area (Å²) in [6.07, 6.45) is 82.9. The molecule has 0 aliphatic rings. The van der Waals surface area contributed by atoms with E-state index in [1.165, 1.54) is 173 Å². The minimum absolute atomic E-state index is 0.0857. The molecule has 0 saturated carbocycles. The van der Waals surface area contributed by atoms with Crippen LogP contribution in [0, 0.1) is 0 Å². The van der Waals surface area contributed by atoms with Crippen LogP contribution in [0.2, 0.25) is 0 Å². The lowest BCUT2D eigenvalue weighted by Gasteiger charge is -2.18. The Bertz CT molecular complexity index is 1430. The second-order valence-electron chi connectivity index (χ2n) is 21.3. The monoisotopic (exact) mass is 1040 g/mol. The Morgan fingerprint density at radius 2 is 0.480 bits per heavy atom. The Morgan fingerprint density at radius 3 is 0.773 bits per heavy atom. The lowest BCUT2D eigenvalue weighted by molar-refractivity contribution is -0.167. The summed E-state index contributed by atoms with van der Waals surface area (Å²) in [4.78, 5) is 38.3. The first-order valence-corrected chi connectivity index (χ1v) is 32.1. The first-order valence-electron chi connectivity index (χ1n) is 32.1. The van der Waals surface area contributed by atoms with Crippen molar-refractivity contribution in [2.45, 2.75) is 322 Å². The van der Waals surface area contributed by atoms with Gasteiger partial charge in [0.1, 0.15) is 13.2 Å². The van der Waals surface area contributed by atoms with Crippen LogP contribution in [-0.2, 0) is 28.6 Å². The van der Waals surface area contributed by atoms with Gasteiger partial charge in [-0.2, -0.15) is 0 Å². The normalized spacial score (nSPS) is 12.6. The van der Waals surface area contributed by atoms with Gasteiger partial charge in [-0.15, -0.1) is 0 Å². The molecule has 6 nitrogen and oxygen atoms in total. The molecule has 432 valence electrons. The van der Waals surface area contributed by atoms with E-state index in [1.807, 2.05) is 0 Å². The van der Waals surface area contributed by atoms with Crippen molar-refractivity contribution in [3.8, 4) is 0 Å². The number of allylic oxidation sites excluding steroid dienone is 14. The summed E-state index contributed by atoms with van der Waals surface area (Å²) in [5.41, 5.74) is 0. The second kappa shape index (κ2) is 63.1. The molecule has 0 bridgehead atoms. The van der Waals surface area contributed by atoms with Gasteiger partial charge in [-0.3, -0.25) is 14.4 Å². The van der Waals surface area contributed by atoms with E-state index in [9.17, 15) is 14.4 Å². The third-order valence-electron chi connectivity index (χ3n) is 13.8. The fourth-order valence-corrected chi connectivity index (χ4v) is 8.98. The van der Waals surface area contributed by atoms with Crippen molar-refractivity contribution in [2.75, 3.05) is 13.2 Å². The average molecular weight is 1050 g/mol. The molecule has 0 aromatic rings. The van der Waals surface area contributed by atoms with Crippen LogP contribution in [0.15, 0.2) is 85.1 Å². The van der Waals surface area contributed by atoms with Gasteiger partial charge in [-0.1, -0.05) is 260 Å².